The van der Waals surface area contributed by atoms with Gasteiger partial charge < -0.3 is 5.73 Å². The lowest BCUT2D eigenvalue weighted by Crippen LogP contribution is -2.04. The third-order valence-corrected chi connectivity index (χ3v) is 4.25. The Bertz CT molecular complexity index is 1070. The Morgan fingerprint density at radius 3 is 2.54 bits per heavy atom. The van der Waals surface area contributed by atoms with Crippen LogP contribution in [0.15, 0.2) is 54.7 Å². The summed E-state index contributed by atoms with van der Waals surface area (Å²) >= 11 is 6.36. The van der Waals surface area contributed by atoms with Gasteiger partial charge in [0.1, 0.15) is 0 Å². The zero-order valence-corrected chi connectivity index (χ0v) is 14.6. The van der Waals surface area contributed by atoms with Crippen molar-refractivity contribution >= 4 is 17.5 Å². The fraction of sp³-hybridized carbons (Fsp3) is 0.0556. The molecule has 128 valence electrons. The molecule has 2 heterocycles. The Labute approximate surface area is 154 Å². The molecule has 0 amide bonds. The summed E-state index contributed by atoms with van der Waals surface area (Å²) in [5, 5.41) is 12.7. The summed E-state index contributed by atoms with van der Waals surface area (Å²) in [6.07, 6.45) is 1.61. The topological polar surface area (TPSA) is 95.4 Å². The van der Waals surface area contributed by atoms with Gasteiger partial charge in [0, 0.05) is 16.8 Å². The molecular formula is C18H14ClN7. The molecule has 7 nitrogen and oxygen atoms in total. The highest BCUT2D eigenvalue weighted by molar-refractivity contribution is 6.33. The van der Waals surface area contributed by atoms with E-state index in [9.17, 15) is 0 Å². The van der Waals surface area contributed by atoms with E-state index in [2.05, 4.69) is 25.5 Å². The molecule has 0 aliphatic rings. The van der Waals surface area contributed by atoms with E-state index >= 15 is 0 Å². The number of hydrogen-bond acceptors (Lipinski definition) is 6. The molecule has 0 aliphatic carbocycles. The molecule has 2 aromatic carbocycles. The van der Waals surface area contributed by atoms with Crippen LogP contribution in [0.25, 0.3) is 28.3 Å². The van der Waals surface area contributed by atoms with Crippen LogP contribution in [-0.4, -0.2) is 30.2 Å². The Hall–Kier alpha value is -3.32. The van der Waals surface area contributed by atoms with Crippen LogP contribution < -0.4 is 5.73 Å². The van der Waals surface area contributed by atoms with E-state index in [1.165, 1.54) is 0 Å². The van der Waals surface area contributed by atoms with Crippen LogP contribution >= 0.6 is 11.6 Å². The molecule has 0 radical (unpaired) electrons. The minimum absolute atomic E-state index is 0.151. The van der Waals surface area contributed by atoms with E-state index in [-0.39, 0.29) is 5.95 Å². The molecule has 26 heavy (non-hydrogen) atoms. The minimum Gasteiger partial charge on any atom is -0.368 e. The van der Waals surface area contributed by atoms with Crippen LogP contribution in [0.4, 0.5) is 5.95 Å². The van der Waals surface area contributed by atoms with E-state index in [4.69, 9.17) is 17.3 Å². The first kappa shape index (κ1) is 16.2. The van der Waals surface area contributed by atoms with Gasteiger partial charge in [-0.1, -0.05) is 47.5 Å². The molecule has 0 fully saturated rings. The Morgan fingerprint density at radius 2 is 1.77 bits per heavy atom. The summed E-state index contributed by atoms with van der Waals surface area (Å²) in [6, 6.07) is 15.3. The fourth-order valence-corrected chi connectivity index (χ4v) is 2.86. The summed E-state index contributed by atoms with van der Waals surface area (Å²) < 4.78 is 1.63. The van der Waals surface area contributed by atoms with Crippen LogP contribution in [0.5, 0.6) is 0 Å². The van der Waals surface area contributed by atoms with Gasteiger partial charge in [0.25, 0.3) is 0 Å². The highest BCUT2D eigenvalue weighted by Crippen LogP contribution is 2.34. The van der Waals surface area contributed by atoms with Crippen molar-refractivity contribution in [1.82, 2.24) is 30.2 Å². The second-order valence-corrected chi connectivity index (χ2v) is 6.13. The van der Waals surface area contributed by atoms with E-state index in [1.807, 2.05) is 49.4 Å². The zero-order chi connectivity index (χ0) is 18.1. The lowest BCUT2D eigenvalue weighted by Gasteiger charge is -2.11. The highest BCUT2D eigenvalue weighted by Gasteiger charge is 2.19. The van der Waals surface area contributed by atoms with Gasteiger partial charge in [-0.25, -0.2) is 9.97 Å². The van der Waals surface area contributed by atoms with Crippen molar-refractivity contribution in [2.24, 2.45) is 0 Å². The molecule has 0 unspecified atom stereocenters. The average molecular weight is 364 g/mol. The number of nitrogen functional groups attached to an aromatic ring is 1. The van der Waals surface area contributed by atoms with Gasteiger partial charge in [0.15, 0.2) is 5.82 Å². The predicted octanol–water partition coefficient (Wildman–Crippen LogP) is 3.33. The molecule has 0 aliphatic heterocycles. The molecule has 0 saturated heterocycles. The van der Waals surface area contributed by atoms with Gasteiger partial charge in [-0.05, 0) is 35.5 Å². The normalized spacial score (nSPS) is 10.8. The maximum atomic E-state index is 6.36. The molecular weight excluding hydrogens is 350 g/mol. The number of tetrazole rings is 1. The van der Waals surface area contributed by atoms with Gasteiger partial charge in [-0.3, -0.25) is 0 Å². The number of nitrogens with zero attached hydrogens (tertiary/aromatic N) is 6. The fourth-order valence-electron chi connectivity index (χ4n) is 2.63. The van der Waals surface area contributed by atoms with Crippen molar-refractivity contribution < 1.29 is 0 Å². The number of anilines is 1. The molecule has 0 bridgehead atoms. The second-order valence-electron chi connectivity index (χ2n) is 5.72. The number of rotatable bonds is 3. The van der Waals surface area contributed by atoms with E-state index in [1.54, 1.807) is 16.9 Å². The molecule has 0 saturated carbocycles. The third kappa shape index (κ3) is 2.89. The first-order valence-corrected chi connectivity index (χ1v) is 8.24. The van der Waals surface area contributed by atoms with Gasteiger partial charge in [-0.2, -0.15) is 4.68 Å². The summed E-state index contributed by atoms with van der Waals surface area (Å²) in [5.74, 6) is 0.654. The monoisotopic (exact) mass is 363 g/mol. The highest BCUT2D eigenvalue weighted by atomic mass is 35.5. The summed E-state index contributed by atoms with van der Waals surface area (Å²) in [7, 11) is 0. The molecule has 2 N–H and O–H groups in total. The van der Waals surface area contributed by atoms with Crippen LogP contribution in [0.3, 0.4) is 0 Å². The lowest BCUT2D eigenvalue weighted by atomic mass is 10.1. The van der Waals surface area contributed by atoms with Crippen LogP contribution in [-0.2, 0) is 0 Å². The standard InChI is InChI=1S/C18H14ClN7/c1-11-6-8-12(9-7-11)26-17(23-24-25-26)14-10-21-18(20)22-16(14)13-4-2-3-5-15(13)19/h2-10H,1H3,(H2,20,21,22). The zero-order valence-electron chi connectivity index (χ0n) is 13.8. The second kappa shape index (κ2) is 6.53. The maximum Gasteiger partial charge on any atom is 0.220 e. The molecule has 0 spiro atoms. The van der Waals surface area contributed by atoms with Crippen LogP contribution in [0, 0.1) is 6.92 Å². The van der Waals surface area contributed by atoms with Gasteiger partial charge >= 0.3 is 0 Å². The Balaban J connectivity index is 1.92. The van der Waals surface area contributed by atoms with Crippen molar-refractivity contribution in [3.8, 4) is 28.3 Å². The summed E-state index contributed by atoms with van der Waals surface area (Å²) in [5.41, 5.74) is 9.74. The van der Waals surface area contributed by atoms with Gasteiger partial charge in [0.05, 0.1) is 16.9 Å². The summed E-state index contributed by atoms with van der Waals surface area (Å²) in [6.45, 7) is 2.02. The molecule has 4 rings (SSSR count). The first-order valence-electron chi connectivity index (χ1n) is 7.86. The number of halogens is 1. The lowest BCUT2D eigenvalue weighted by molar-refractivity contribution is 0.791. The minimum atomic E-state index is 0.151. The number of benzene rings is 2. The van der Waals surface area contributed by atoms with E-state index in [0.717, 1.165) is 16.8 Å². The van der Waals surface area contributed by atoms with Gasteiger partial charge in [-0.15, -0.1) is 5.10 Å². The van der Waals surface area contributed by atoms with Crippen molar-refractivity contribution in [3.05, 3.63) is 65.3 Å². The van der Waals surface area contributed by atoms with Crippen molar-refractivity contribution in [2.75, 3.05) is 5.73 Å². The summed E-state index contributed by atoms with van der Waals surface area (Å²) in [4.78, 5) is 8.50. The largest absolute Gasteiger partial charge is 0.368 e. The smallest absolute Gasteiger partial charge is 0.220 e. The predicted molar refractivity (Wildman–Crippen MR) is 99.8 cm³/mol. The molecule has 8 heteroatoms. The Morgan fingerprint density at radius 1 is 1.00 bits per heavy atom. The van der Waals surface area contributed by atoms with Gasteiger partial charge in [0.2, 0.25) is 5.95 Å². The number of aromatic nitrogens is 6. The molecule has 0 atom stereocenters. The van der Waals surface area contributed by atoms with Crippen LogP contribution in [0.2, 0.25) is 5.02 Å². The average Bonchev–Trinajstić information content (AvgIpc) is 3.12. The van der Waals surface area contributed by atoms with Crippen molar-refractivity contribution in [1.29, 1.82) is 0 Å². The number of nitrogens with two attached hydrogens (primary N) is 1. The third-order valence-electron chi connectivity index (χ3n) is 3.93. The first-order chi connectivity index (χ1) is 12.6. The van der Waals surface area contributed by atoms with Crippen molar-refractivity contribution in [3.63, 3.8) is 0 Å². The Kier molecular flexibility index (Phi) is 4.06. The van der Waals surface area contributed by atoms with Crippen molar-refractivity contribution in [2.45, 2.75) is 6.92 Å². The molecule has 2 aromatic heterocycles. The SMILES string of the molecule is Cc1ccc(-n2nnnc2-c2cnc(N)nc2-c2ccccc2Cl)cc1. The molecule has 4 aromatic rings. The van der Waals surface area contributed by atoms with E-state index < -0.39 is 0 Å². The quantitative estimate of drug-likeness (QED) is 0.599. The van der Waals surface area contributed by atoms with E-state index in [0.29, 0.717) is 22.1 Å². The maximum absolute atomic E-state index is 6.36. The number of hydrogen-bond donors (Lipinski definition) is 1. The van der Waals surface area contributed by atoms with Crippen LogP contribution in [0.1, 0.15) is 5.56 Å². The number of aryl methyl sites for hydroxylation is 1.